The van der Waals surface area contributed by atoms with Gasteiger partial charge in [0.25, 0.3) is 5.91 Å². The van der Waals surface area contributed by atoms with Crippen molar-refractivity contribution in [3.8, 4) is 0 Å². The SMILES string of the molecule is CC(C)(O)c1ccc(C(=O)N2CCC3(c4ccccc4)CC2C3)cc1F. The van der Waals surface area contributed by atoms with Gasteiger partial charge in [-0.3, -0.25) is 4.79 Å². The third-order valence-corrected chi connectivity index (χ3v) is 6.05. The molecule has 0 unspecified atom stereocenters. The molecular weight excluding hydrogens is 329 g/mol. The van der Waals surface area contributed by atoms with Gasteiger partial charge in [0.15, 0.2) is 0 Å². The van der Waals surface area contributed by atoms with Crippen molar-refractivity contribution in [1.82, 2.24) is 4.90 Å². The number of piperidine rings is 2. The van der Waals surface area contributed by atoms with E-state index >= 15 is 0 Å². The minimum atomic E-state index is -1.26. The summed E-state index contributed by atoms with van der Waals surface area (Å²) in [4.78, 5) is 14.8. The molecule has 1 N–H and O–H groups in total. The molecule has 3 nitrogen and oxygen atoms in total. The fraction of sp³-hybridized carbons (Fsp3) is 0.409. The summed E-state index contributed by atoms with van der Waals surface area (Å²) < 4.78 is 14.3. The molecule has 2 bridgehead atoms. The number of nitrogens with zero attached hydrogens (tertiary/aromatic N) is 1. The summed E-state index contributed by atoms with van der Waals surface area (Å²) in [7, 11) is 0. The molecule has 0 radical (unpaired) electrons. The predicted molar refractivity (Wildman–Crippen MR) is 98.4 cm³/mol. The van der Waals surface area contributed by atoms with Crippen molar-refractivity contribution in [2.24, 2.45) is 0 Å². The van der Waals surface area contributed by atoms with Crippen molar-refractivity contribution in [3.63, 3.8) is 0 Å². The monoisotopic (exact) mass is 353 g/mol. The van der Waals surface area contributed by atoms with Crippen LogP contribution in [0.3, 0.4) is 0 Å². The van der Waals surface area contributed by atoms with Crippen molar-refractivity contribution in [3.05, 3.63) is 71.0 Å². The van der Waals surface area contributed by atoms with Crippen LogP contribution in [0.5, 0.6) is 0 Å². The van der Waals surface area contributed by atoms with Crippen LogP contribution >= 0.6 is 0 Å². The molecule has 0 atom stereocenters. The average Bonchev–Trinajstić information content (AvgIpc) is 2.60. The van der Waals surface area contributed by atoms with Crippen molar-refractivity contribution in [2.75, 3.05) is 6.54 Å². The number of hydrogen-bond donors (Lipinski definition) is 1. The van der Waals surface area contributed by atoms with Crippen LogP contribution in [0, 0.1) is 5.82 Å². The summed E-state index contributed by atoms with van der Waals surface area (Å²) in [5, 5.41) is 10.00. The van der Waals surface area contributed by atoms with Crippen molar-refractivity contribution in [1.29, 1.82) is 0 Å². The van der Waals surface area contributed by atoms with Gasteiger partial charge in [0.1, 0.15) is 5.82 Å². The van der Waals surface area contributed by atoms with E-state index in [4.69, 9.17) is 0 Å². The molecule has 0 spiro atoms. The fourth-order valence-electron chi connectivity index (χ4n) is 4.53. The molecule has 4 heteroatoms. The first-order valence-corrected chi connectivity index (χ1v) is 9.19. The number of hydrogen-bond acceptors (Lipinski definition) is 2. The number of carbonyl (C=O) groups excluding carboxylic acids is 1. The minimum absolute atomic E-state index is 0.113. The number of amides is 1. The molecule has 26 heavy (non-hydrogen) atoms. The summed E-state index contributed by atoms with van der Waals surface area (Å²) >= 11 is 0. The quantitative estimate of drug-likeness (QED) is 0.906. The molecular formula is C22H24FNO2. The Balaban J connectivity index is 1.51. The highest BCUT2D eigenvalue weighted by molar-refractivity contribution is 5.94. The van der Waals surface area contributed by atoms with Crippen LogP contribution in [0.25, 0.3) is 0 Å². The van der Waals surface area contributed by atoms with Crippen LogP contribution in [-0.4, -0.2) is 28.5 Å². The molecule has 0 aromatic heterocycles. The molecule has 5 rings (SSSR count). The van der Waals surface area contributed by atoms with Gasteiger partial charge in [0.05, 0.1) is 5.60 Å². The molecule has 3 aliphatic rings. The summed E-state index contributed by atoms with van der Waals surface area (Å²) in [5.74, 6) is -0.648. The average molecular weight is 353 g/mol. The molecule has 136 valence electrons. The topological polar surface area (TPSA) is 40.5 Å². The number of halogens is 1. The zero-order chi connectivity index (χ0) is 18.5. The third-order valence-electron chi connectivity index (χ3n) is 6.05. The summed E-state index contributed by atoms with van der Waals surface area (Å²) in [5.41, 5.74) is 0.872. The Morgan fingerprint density at radius 2 is 1.88 bits per heavy atom. The Hall–Kier alpha value is -2.20. The van der Waals surface area contributed by atoms with Gasteiger partial charge in [-0.1, -0.05) is 36.4 Å². The maximum Gasteiger partial charge on any atom is 0.254 e. The normalized spacial score (nSPS) is 24.9. The molecule has 1 aliphatic carbocycles. The van der Waals surface area contributed by atoms with E-state index in [2.05, 4.69) is 24.3 Å². The van der Waals surface area contributed by atoms with Crippen LogP contribution in [-0.2, 0) is 11.0 Å². The number of aliphatic hydroxyl groups is 1. The maximum atomic E-state index is 14.3. The van der Waals surface area contributed by atoms with Gasteiger partial charge in [-0.05, 0) is 50.8 Å². The van der Waals surface area contributed by atoms with Crippen LogP contribution in [0.15, 0.2) is 48.5 Å². The van der Waals surface area contributed by atoms with E-state index in [1.807, 2.05) is 11.0 Å². The first-order chi connectivity index (χ1) is 12.3. The largest absolute Gasteiger partial charge is 0.386 e. The molecule has 2 aromatic carbocycles. The Labute approximate surface area is 153 Å². The van der Waals surface area contributed by atoms with Gasteiger partial charge in [-0.2, -0.15) is 0 Å². The summed E-state index contributed by atoms with van der Waals surface area (Å²) in [6.45, 7) is 3.78. The van der Waals surface area contributed by atoms with Crippen LogP contribution in [0.4, 0.5) is 4.39 Å². The highest BCUT2D eigenvalue weighted by atomic mass is 19.1. The van der Waals surface area contributed by atoms with Crippen molar-refractivity contribution >= 4 is 5.91 Å². The van der Waals surface area contributed by atoms with Gasteiger partial charge >= 0.3 is 0 Å². The number of carbonyl (C=O) groups is 1. The molecule has 2 heterocycles. The Bertz CT molecular complexity index is 829. The minimum Gasteiger partial charge on any atom is -0.386 e. The van der Waals surface area contributed by atoms with Crippen LogP contribution < -0.4 is 0 Å². The van der Waals surface area contributed by atoms with Crippen molar-refractivity contribution < 1.29 is 14.3 Å². The zero-order valence-corrected chi connectivity index (χ0v) is 15.2. The van der Waals surface area contributed by atoms with Crippen LogP contribution in [0.2, 0.25) is 0 Å². The smallest absolute Gasteiger partial charge is 0.254 e. The number of benzene rings is 2. The molecule has 2 aromatic rings. The van der Waals surface area contributed by atoms with E-state index in [0.717, 1.165) is 19.3 Å². The Kier molecular flexibility index (Phi) is 3.92. The lowest BCUT2D eigenvalue weighted by molar-refractivity contribution is -0.00439. The third kappa shape index (κ3) is 2.73. The standard InChI is InChI=1S/C22H24FNO2/c1-21(2,26)18-9-8-15(12-19(18)23)20(25)24-11-10-22(13-17(24)14-22)16-6-4-3-5-7-16/h3-9,12,17,26H,10-11,13-14H2,1-2H3. The van der Waals surface area contributed by atoms with E-state index in [1.165, 1.54) is 31.5 Å². The first kappa shape index (κ1) is 17.2. The summed E-state index contributed by atoms with van der Waals surface area (Å²) in [6.07, 6.45) is 2.91. The first-order valence-electron chi connectivity index (χ1n) is 9.19. The molecule has 3 fully saturated rings. The lowest BCUT2D eigenvalue weighted by Gasteiger charge is -2.58. The van der Waals surface area contributed by atoms with Gasteiger partial charge < -0.3 is 10.0 Å². The number of fused-ring (bicyclic) bond motifs is 2. The van der Waals surface area contributed by atoms with E-state index < -0.39 is 11.4 Å². The van der Waals surface area contributed by atoms with Gasteiger partial charge in [-0.25, -0.2) is 4.39 Å². The highest BCUT2D eigenvalue weighted by Gasteiger charge is 2.52. The second-order valence-corrected chi connectivity index (χ2v) is 8.21. The molecule has 1 saturated carbocycles. The summed E-state index contributed by atoms with van der Waals surface area (Å²) in [6, 6.07) is 15.2. The van der Waals surface area contributed by atoms with Gasteiger partial charge in [-0.15, -0.1) is 0 Å². The zero-order valence-electron chi connectivity index (χ0n) is 15.2. The molecule has 1 amide bonds. The highest BCUT2D eigenvalue weighted by Crippen LogP contribution is 2.52. The van der Waals surface area contributed by atoms with Gasteiger partial charge in [0, 0.05) is 29.1 Å². The Morgan fingerprint density at radius 1 is 1.19 bits per heavy atom. The van der Waals surface area contributed by atoms with E-state index in [-0.39, 0.29) is 22.9 Å². The lowest BCUT2D eigenvalue weighted by Crippen LogP contribution is -2.61. The fourth-order valence-corrected chi connectivity index (χ4v) is 4.53. The van der Waals surface area contributed by atoms with Crippen molar-refractivity contribution in [2.45, 2.75) is 50.2 Å². The second kappa shape index (κ2) is 5.92. The predicted octanol–water partition coefficient (Wildman–Crippen LogP) is 4.00. The van der Waals surface area contributed by atoms with Gasteiger partial charge in [0.2, 0.25) is 0 Å². The van der Waals surface area contributed by atoms with Crippen LogP contribution in [0.1, 0.15) is 54.6 Å². The lowest BCUT2D eigenvalue weighted by atomic mass is 9.57. The van der Waals surface area contributed by atoms with E-state index in [0.29, 0.717) is 12.1 Å². The second-order valence-electron chi connectivity index (χ2n) is 8.21. The van der Waals surface area contributed by atoms with E-state index in [9.17, 15) is 14.3 Å². The number of rotatable bonds is 3. The van der Waals surface area contributed by atoms with E-state index in [1.54, 1.807) is 6.07 Å². The maximum absolute atomic E-state index is 14.3. The molecule has 2 saturated heterocycles. The Morgan fingerprint density at radius 3 is 2.42 bits per heavy atom. The molecule has 2 aliphatic heterocycles.